The second-order valence-corrected chi connectivity index (χ2v) is 16.5. The standard InChI is InChI=1S/C36H74O2.C6H12O3.CH4O/c1-28(2)15-10-17-30(5)19-12-21-32(7)36(27-34(9)38)24-14-23-35(26-25-33(8)37)22-13-20-31(6)18-11-16-29(3)4;1-6(8)9-5-3-2-4-7;1-2/h28-38H,10-27H2,1-9H3;7H,2-5H2,1H3;2H,1H3. The summed E-state index contributed by atoms with van der Waals surface area (Å²) in [6, 6.07) is 0. The van der Waals surface area contributed by atoms with Crippen LogP contribution in [0.4, 0.5) is 0 Å². The Labute approximate surface area is 307 Å². The van der Waals surface area contributed by atoms with Crippen LogP contribution in [0, 0.1) is 41.4 Å². The molecular weight excluding hydrogens is 612 g/mol. The fraction of sp³-hybridized carbons (Fsp3) is 0.977. The number of ether oxygens (including phenoxy) is 1. The molecule has 0 amide bonds. The first kappa shape index (κ1) is 52.7. The molecule has 0 aromatic carbocycles. The van der Waals surface area contributed by atoms with E-state index < -0.39 is 0 Å². The quantitative estimate of drug-likeness (QED) is 0.0438. The van der Waals surface area contributed by atoms with Crippen molar-refractivity contribution in [2.45, 2.75) is 210 Å². The van der Waals surface area contributed by atoms with Crippen molar-refractivity contribution in [3.05, 3.63) is 0 Å². The molecule has 6 nitrogen and oxygen atoms in total. The highest BCUT2D eigenvalue weighted by molar-refractivity contribution is 5.65. The third-order valence-corrected chi connectivity index (χ3v) is 10.1. The summed E-state index contributed by atoms with van der Waals surface area (Å²) in [5, 5.41) is 35.4. The van der Waals surface area contributed by atoms with Crippen LogP contribution in [-0.2, 0) is 9.53 Å². The molecule has 0 aromatic rings. The van der Waals surface area contributed by atoms with E-state index in [1.165, 1.54) is 110 Å². The van der Waals surface area contributed by atoms with Crippen molar-refractivity contribution in [2.75, 3.05) is 20.3 Å². The van der Waals surface area contributed by atoms with Crippen molar-refractivity contribution in [3.63, 3.8) is 0 Å². The molecule has 298 valence electrons. The zero-order valence-electron chi connectivity index (χ0n) is 34.9. The van der Waals surface area contributed by atoms with Gasteiger partial charge in [0.15, 0.2) is 0 Å². The van der Waals surface area contributed by atoms with Gasteiger partial charge in [-0.3, -0.25) is 4.79 Å². The van der Waals surface area contributed by atoms with Crippen LogP contribution in [0.15, 0.2) is 0 Å². The summed E-state index contributed by atoms with van der Waals surface area (Å²) in [5.74, 6) is 5.20. The lowest BCUT2D eigenvalue weighted by atomic mass is 9.80. The van der Waals surface area contributed by atoms with E-state index in [9.17, 15) is 15.0 Å². The maximum atomic E-state index is 10.2. The summed E-state index contributed by atoms with van der Waals surface area (Å²) in [6.45, 7) is 22.6. The predicted molar refractivity (Wildman–Crippen MR) is 212 cm³/mol. The summed E-state index contributed by atoms with van der Waals surface area (Å²) in [4.78, 5) is 10.1. The molecule has 0 heterocycles. The molecule has 0 saturated heterocycles. The number of aliphatic hydroxyl groups excluding tert-OH is 4. The Kier molecular flexibility index (Phi) is 39.9. The number of aliphatic hydroxyl groups is 4. The van der Waals surface area contributed by atoms with E-state index in [-0.39, 0.29) is 24.8 Å². The lowest BCUT2D eigenvalue weighted by Gasteiger charge is -2.27. The van der Waals surface area contributed by atoms with Gasteiger partial charge in [0.05, 0.1) is 18.8 Å². The number of carbonyl (C=O) groups is 1. The first-order valence-electron chi connectivity index (χ1n) is 20.7. The maximum Gasteiger partial charge on any atom is 0.302 e. The Morgan fingerprint density at radius 2 is 0.980 bits per heavy atom. The summed E-state index contributed by atoms with van der Waals surface area (Å²) in [5.41, 5.74) is 0. The molecule has 0 saturated carbocycles. The van der Waals surface area contributed by atoms with Crippen molar-refractivity contribution in [1.29, 1.82) is 0 Å². The van der Waals surface area contributed by atoms with Gasteiger partial charge >= 0.3 is 5.97 Å². The van der Waals surface area contributed by atoms with Gasteiger partial charge in [0.2, 0.25) is 0 Å². The highest BCUT2D eigenvalue weighted by atomic mass is 16.5. The fourth-order valence-corrected chi connectivity index (χ4v) is 6.90. The molecule has 0 bridgehead atoms. The van der Waals surface area contributed by atoms with E-state index in [0.717, 1.165) is 56.0 Å². The second kappa shape index (κ2) is 37.1. The van der Waals surface area contributed by atoms with E-state index >= 15 is 0 Å². The molecule has 0 fully saturated rings. The van der Waals surface area contributed by atoms with Crippen molar-refractivity contribution in [3.8, 4) is 0 Å². The average Bonchev–Trinajstić information content (AvgIpc) is 3.01. The van der Waals surface area contributed by atoms with Crippen LogP contribution in [0.2, 0.25) is 0 Å². The van der Waals surface area contributed by atoms with Gasteiger partial charge in [-0.1, -0.05) is 145 Å². The number of hydrogen-bond donors (Lipinski definition) is 4. The molecule has 4 N–H and O–H groups in total. The monoisotopic (exact) mass is 703 g/mol. The molecule has 0 radical (unpaired) electrons. The third-order valence-electron chi connectivity index (χ3n) is 10.1. The molecular formula is C43H90O6. The van der Waals surface area contributed by atoms with E-state index in [1.54, 1.807) is 0 Å². The number of esters is 1. The highest BCUT2D eigenvalue weighted by Crippen LogP contribution is 2.32. The number of carbonyl (C=O) groups excluding carboxylic acids is 1. The van der Waals surface area contributed by atoms with Gasteiger partial charge in [0.1, 0.15) is 0 Å². The van der Waals surface area contributed by atoms with Gasteiger partial charge in [-0.05, 0) is 87.4 Å². The minimum atomic E-state index is -0.257. The van der Waals surface area contributed by atoms with Crippen LogP contribution in [0.3, 0.4) is 0 Å². The van der Waals surface area contributed by atoms with Gasteiger partial charge in [-0.25, -0.2) is 0 Å². The molecule has 49 heavy (non-hydrogen) atoms. The Morgan fingerprint density at radius 3 is 1.39 bits per heavy atom. The number of hydrogen-bond acceptors (Lipinski definition) is 6. The van der Waals surface area contributed by atoms with Crippen LogP contribution in [0.1, 0.15) is 198 Å². The lowest BCUT2D eigenvalue weighted by molar-refractivity contribution is -0.141. The molecule has 0 aliphatic heterocycles. The molecule has 6 heteroatoms. The van der Waals surface area contributed by atoms with E-state index in [2.05, 4.69) is 53.2 Å². The van der Waals surface area contributed by atoms with E-state index in [1.807, 2.05) is 13.8 Å². The van der Waals surface area contributed by atoms with Crippen LogP contribution in [0.25, 0.3) is 0 Å². The Bertz CT molecular complexity index is 665. The predicted octanol–water partition coefficient (Wildman–Crippen LogP) is 11.2. The van der Waals surface area contributed by atoms with Gasteiger partial charge in [-0.2, -0.15) is 0 Å². The topological polar surface area (TPSA) is 107 Å². The highest BCUT2D eigenvalue weighted by Gasteiger charge is 2.20. The van der Waals surface area contributed by atoms with Crippen LogP contribution < -0.4 is 0 Å². The SMILES string of the molecule is CC(=O)OCCCCO.CC(C)CCCC(C)CCCC(CCCC(CC(C)O)C(C)CCCC(C)CCCC(C)C)CCC(C)O.CO. The van der Waals surface area contributed by atoms with E-state index in [0.29, 0.717) is 24.9 Å². The fourth-order valence-electron chi connectivity index (χ4n) is 6.90. The summed E-state index contributed by atoms with van der Waals surface area (Å²) in [7, 11) is 1.00. The Balaban J connectivity index is -0.00000165. The number of rotatable bonds is 30. The van der Waals surface area contributed by atoms with Crippen molar-refractivity contribution in [2.24, 2.45) is 41.4 Å². The van der Waals surface area contributed by atoms with Gasteiger partial charge in [0.25, 0.3) is 0 Å². The van der Waals surface area contributed by atoms with Gasteiger partial charge in [-0.15, -0.1) is 0 Å². The summed E-state index contributed by atoms with van der Waals surface area (Å²) in [6.07, 6.45) is 24.3. The summed E-state index contributed by atoms with van der Waals surface area (Å²) >= 11 is 0. The lowest BCUT2D eigenvalue weighted by Crippen LogP contribution is -2.18. The second-order valence-electron chi connectivity index (χ2n) is 16.5. The minimum Gasteiger partial charge on any atom is -0.466 e. The largest absolute Gasteiger partial charge is 0.466 e. The average molecular weight is 703 g/mol. The Hall–Kier alpha value is -0.690. The molecule has 0 aliphatic rings. The first-order valence-corrected chi connectivity index (χ1v) is 20.7. The normalized spacial score (nSPS) is 15.7. The zero-order chi connectivity index (χ0) is 38.0. The molecule has 0 rings (SSSR count). The molecule has 7 atom stereocenters. The number of unbranched alkanes of at least 4 members (excludes halogenated alkanes) is 1. The van der Waals surface area contributed by atoms with Gasteiger partial charge < -0.3 is 25.2 Å². The Morgan fingerprint density at radius 1 is 0.531 bits per heavy atom. The van der Waals surface area contributed by atoms with Gasteiger partial charge in [0, 0.05) is 20.6 Å². The van der Waals surface area contributed by atoms with E-state index in [4.69, 9.17) is 10.2 Å². The molecule has 0 aromatic heterocycles. The molecule has 7 unspecified atom stereocenters. The van der Waals surface area contributed by atoms with Crippen LogP contribution >= 0.6 is 0 Å². The zero-order valence-corrected chi connectivity index (χ0v) is 34.9. The molecule has 0 aliphatic carbocycles. The smallest absolute Gasteiger partial charge is 0.302 e. The van der Waals surface area contributed by atoms with Crippen molar-refractivity contribution < 1.29 is 30.0 Å². The minimum absolute atomic E-state index is 0.168. The van der Waals surface area contributed by atoms with Crippen LogP contribution in [0.5, 0.6) is 0 Å². The maximum absolute atomic E-state index is 10.2. The van der Waals surface area contributed by atoms with Crippen molar-refractivity contribution >= 4 is 5.97 Å². The van der Waals surface area contributed by atoms with Crippen molar-refractivity contribution in [1.82, 2.24) is 0 Å². The molecule has 0 spiro atoms. The first-order chi connectivity index (χ1) is 23.2. The van der Waals surface area contributed by atoms with Crippen LogP contribution in [-0.4, -0.2) is 58.9 Å². The summed E-state index contributed by atoms with van der Waals surface area (Å²) < 4.78 is 4.59. The third kappa shape index (κ3) is 41.6.